The Kier molecular flexibility index (Phi) is 4.45. The molecule has 0 unspecified atom stereocenters. The highest BCUT2D eigenvalue weighted by molar-refractivity contribution is 9.10. The van der Waals surface area contributed by atoms with E-state index in [1.165, 1.54) is 6.26 Å². The van der Waals surface area contributed by atoms with Crippen LogP contribution in [0.3, 0.4) is 0 Å². The number of hydrogen-bond donors (Lipinski definition) is 1. The summed E-state index contributed by atoms with van der Waals surface area (Å²) in [6, 6.07) is 5.41. The van der Waals surface area contributed by atoms with Gasteiger partial charge in [0.2, 0.25) is 0 Å². The van der Waals surface area contributed by atoms with E-state index in [0.717, 1.165) is 42.4 Å². The zero-order chi connectivity index (χ0) is 13.2. The van der Waals surface area contributed by atoms with Crippen molar-refractivity contribution in [1.82, 2.24) is 5.32 Å². The zero-order valence-electron chi connectivity index (χ0n) is 10.4. The van der Waals surface area contributed by atoms with Crippen LogP contribution < -0.4 is 5.32 Å². The molecule has 1 aliphatic heterocycles. The Morgan fingerprint density at radius 1 is 1.33 bits per heavy atom. The van der Waals surface area contributed by atoms with Gasteiger partial charge in [-0.15, -0.1) is 0 Å². The van der Waals surface area contributed by atoms with Gasteiger partial charge in [0.05, 0.1) is 4.90 Å². The lowest BCUT2D eigenvalue weighted by Gasteiger charge is -2.24. The highest BCUT2D eigenvalue weighted by Crippen LogP contribution is 2.29. The highest BCUT2D eigenvalue weighted by atomic mass is 79.9. The number of piperidine rings is 1. The van der Waals surface area contributed by atoms with E-state index in [2.05, 4.69) is 21.2 Å². The average molecular weight is 332 g/mol. The Bertz CT molecular complexity index is 522. The molecule has 2 rings (SSSR count). The fourth-order valence-corrected chi connectivity index (χ4v) is 4.08. The van der Waals surface area contributed by atoms with E-state index in [1.54, 1.807) is 12.1 Å². The van der Waals surface area contributed by atoms with Gasteiger partial charge in [-0.3, -0.25) is 0 Å². The van der Waals surface area contributed by atoms with Crippen LogP contribution in [0.2, 0.25) is 0 Å². The molecular weight excluding hydrogens is 314 g/mol. The van der Waals surface area contributed by atoms with E-state index >= 15 is 0 Å². The molecule has 1 fully saturated rings. The first-order chi connectivity index (χ1) is 8.48. The summed E-state index contributed by atoms with van der Waals surface area (Å²) in [6.45, 7) is 2.06. The number of hydrogen-bond acceptors (Lipinski definition) is 3. The van der Waals surface area contributed by atoms with Crippen molar-refractivity contribution in [3.63, 3.8) is 0 Å². The standard InChI is InChI=1S/C13H18BrNO2S/c1-18(16,17)13-4-2-3-12(14)11(13)9-10-5-7-15-8-6-10/h2-4,10,15H,5-9H2,1H3. The number of rotatable bonds is 3. The van der Waals surface area contributed by atoms with Gasteiger partial charge in [-0.25, -0.2) is 8.42 Å². The predicted octanol–water partition coefficient (Wildman–Crippen LogP) is 2.39. The molecule has 3 nitrogen and oxygen atoms in total. The molecule has 1 aromatic rings. The minimum atomic E-state index is -3.15. The van der Waals surface area contributed by atoms with Crippen molar-refractivity contribution in [2.45, 2.75) is 24.2 Å². The van der Waals surface area contributed by atoms with E-state index in [0.29, 0.717) is 10.8 Å². The molecule has 0 aromatic heterocycles. The first-order valence-electron chi connectivity index (χ1n) is 6.16. The lowest BCUT2D eigenvalue weighted by Crippen LogP contribution is -2.29. The maximum atomic E-state index is 11.8. The third-order valence-corrected chi connectivity index (χ3v) is 5.35. The van der Waals surface area contributed by atoms with Gasteiger partial charge in [0.15, 0.2) is 9.84 Å². The van der Waals surface area contributed by atoms with E-state index in [9.17, 15) is 8.42 Å². The van der Waals surface area contributed by atoms with Gasteiger partial charge >= 0.3 is 0 Å². The van der Waals surface area contributed by atoms with Crippen molar-refractivity contribution in [2.24, 2.45) is 5.92 Å². The van der Waals surface area contributed by atoms with Crippen molar-refractivity contribution in [3.8, 4) is 0 Å². The first-order valence-corrected chi connectivity index (χ1v) is 8.85. The fourth-order valence-electron chi connectivity index (χ4n) is 2.46. The van der Waals surface area contributed by atoms with Gasteiger partial charge in [0, 0.05) is 10.7 Å². The van der Waals surface area contributed by atoms with Crippen LogP contribution in [0.25, 0.3) is 0 Å². The molecule has 1 aromatic carbocycles. The molecular formula is C13H18BrNO2S. The molecule has 0 aliphatic carbocycles. The normalized spacial score (nSPS) is 17.9. The van der Waals surface area contributed by atoms with Gasteiger partial charge in [0.25, 0.3) is 0 Å². The lowest BCUT2D eigenvalue weighted by molar-refractivity contribution is 0.370. The second-order valence-electron chi connectivity index (χ2n) is 4.89. The van der Waals surface area contributed by atoms with Crippen LogP contribution in [-0.4, -0.2) is 27.8 Å². The maximum Gasteiger partial charge on any atom is 0.175 e. The Balaban J connectivity index is 2.31. The largest absolute Gasteiger partial charge is 0.317 e. The fraction of sp³-hybridized carbons (Fsp3) is 0.538. The number of nitrogens with one attached hydrogen (secondary N) is 1. The van der Waals surface area contributed by atoms with Crippen LogP contribution in [0.4, 0.5) is 0 Å². The monoisotopic (exact) mass is 331 g/mol. The summed E-state index contributed by atoms with van der Waals surface area (Å²) in [7, 11) is -3.15. The minimum Gasteiger partial charge on any atom is -0.317 e. The molecule has 1 saturated heterocycles. The predicted molar refractivity (Wildman–Crippen MR) is 76.5 cm³/mol. The quantitative estimate of drug-likeness (QED) is 0.925. The highest BCUT2D eigenvalue weighted by Gasteiger charge is 2.20. The van der Waals surface area contributed by atoms with Crippen LogP contribution >= 0.6 is 15.9 Å². The summed E-state index contributed by atoms with van der Waals surface area (Å²) >= 11 is 3.49. The Hall–Kier alpha value is -0.390. The van der Waals surface area contributed by atoms with Gasteiger partial charge in [0.1, 0.15) is 0 Å². The zero-order valence-corrected chi connectivity index (χ0v) is 12.9. The van der Waals surface area contributed by atoms with E-state index in [1.807, 2.05) is 6.07 Å². The van der Waals surface area contributed by atoms with Crippen LogP contribution in [0.15, 0.2) is 27.6 Å². The number of halogens is 1. The minimum absolute atomic E-state index is 0.468. The summed E-state index contributed by atoms with van der Waals surface area (Å²) in [5, 5.41) is 3.33. The summed E-state index contributed by atoms with van der Waals surface area (Å²) in [5.41, 5.74) is 0.937. The molecule has 0 bridgehead atoms. The molecule has 0 spiro atoms. The maximum absolute atomic E-state index is 11.8. The van der Waals surface area contributed by atoms with Crippen molar-refractivity contribution >= 4 is 25.8 Å². The van der Waals surface area contributed by atoms with Crippen LogP contribution in [-0.2, 0) is 16.3 Å². The molecule has 18 heavy (non-hydrogen) atoms. The lowest BCUT2D eigenvalue weighted by atomic mass is 9.91. The summed E-state index contributed by atoms with van der Waals surface area (Å²) in [6.07, 6.45) is 4.35. The SMILES string of the molecule is CS(=O)(=O)c1cccc(Br)c1CC1CCNCC1. The molecule has 1 heterocycles. The molecule has 0 atom stereocenters. The third kappa shape index (κ3) is 3.33. The van der Waals surface area contributed by atoms with Gasteiger partial charge < -0.3 is 5.32 Å². The second-order valence-corrected chi connectivity index (χ2v) is 7.72. The molecule has 0 amide bonds. The van der Waals surface area contributed by atoms with Crippen molar-refractivity contribution < 1.29 is 8.42 Å². The number of benzene rings is 1. The second kappa shape index (κ2) is 5.72. The molecule has 0 saturated carbocycles. The van der Waals surface area contributed by atoms with Crippen LogP contribution in [0.1, 0.15) is 18.4 Å². The summed E-state index contributed by atoms with van der Waals surface area (Å²) in [4.78, 5) is 0.468. The topological polar surface area (TPSA) is 46.2 Å². The van der Waals surface area contributed by atoms with Crippen molar-refractivity contribution in [2.75, 3.05) is 19.3 Å². The molecule has 1 aliphatic rings. The summed E-state index contributed by atoms with van der Waals surface area (Å²) in [5.74, 6) is 0.574. The average Bonchev–Trinajstić information content (AvgIpc) is 2.32. The van der Waals surface area contributed by atoms with Gasteiger partial charge in [-0.2, -0.15) is 0 Å². The van der Waals surface area contributed by atoms with Crippen molar-refractivity contribution in [3.05, 3.63) is 28.2 Å². The summed E-state index contributed by atoms with van der Waals surface area (Å²) < 4.78 is 24.5. The van der Waals surface area contributed by atoms with E-state index < -0.39 is 9.84 Å². The van der Waals surface area contributed by atoms with Crippen LogP contribution in [0.5, 0.6) is 0 Å². The number of sulfone groups is 1. The smallest absolute Gasteiger partial charge is 0.175 e. The molecule has 0 radical (unpaired) electrons. The Morgan fingerprint density at radius 3 is 2.61 bits per heavy atom. The van der Waals surface area contributed by atoms with E-state index in [-0.39, 0.29) is 0 Å². The molecule has 5 heteroatoms. The molecule has 100 valence electrons. The van der Waals surface area contributed by atoms with Crippen LogP contribution in [0, 0.1) is 5.92 Å². The van der Waals surface area contributed by atoms with Crippen molar-refractivity contribution in [1.29, 1.82) is 0 Å². The molecule has 1 N–H and O–H groups in total. The van der Waals surface area contributed by atoms with E-state index in [4.69, 9.17) is 0 Å². The van der Waals surface area contributed by atoms with Gasteiger partial charge in [-0.1, -0.05) is 22.0 Å². The Morgan fingerprint density at radius 2 is 2.00 bits per heavy atom. The van der Waals surface area contributed by atoms with Gasteiger partial charge in [-0.05, 0) is 56.0 Å². The first kappa shape index (κ1) is 14.0. The Labute approximate surface area is 117 Å². The third-order valence-electron chi connectivity index (χ3n) is 3.43.